The first-order chi connectivity index (χ1) is 9.47. The van der Waals surface area contributed by atoms with E-state index in [1.165, 1.54) is 12.1 Å². The van der Waals surface area contributed by atoms with Crippen molar-refractivity contribution in [3.63, 3.8) is 0 Å². The smallest absolute Gasteiger partial charge is 0.258 e. The molecule has 2 rings (SSSR count). The van der Waals surface area contributed by atoms with Gasteiger partial charge in [-0.3, -0.25) is 4.79 Å². The Morgan fingerprint density at radius 1 is 1.20 bits per heavy atom. The minimum absolute atomic E-state index is 0.0193. The molecule has 104 valence electrons. The highest BCUT2D eigenvalue weighted by Crippen LogP contribution is 2.20. The van der Waals surface area contributed by atoms with E-state index in [1.54, 1.807) is 6.07 Å². The fourth-order valence-corrected chi connectivity index (χ4v) is 1.89. The minimum Gasteiger partial charge on any atom is -0.399 e. The van der Waals surface area contributed by atoms with Crippen LogP contribution in [-0.2, 0) is 0 Å². The van der Waals surface area contributed by atoms with Crippen molar-refractivity contribution in [3.8, 4) is 0 Å². The van der Waals surface area contributed by atoms with Crippen molar-refractivity contribution in [2.24, 2.45) is 0 Å². The van der Waals surface area contributed by atoms with Crippen LogP contribution in [0.15, 0.2) is 42.5 Å². The van der Waals surface area contributed by atoms with Crippen LogP contribution in [0.1, 0.15) is 35.7 Å². The Morgan fingerprint density at radius 2 is 1.95 bits per heavy atom. The van der Waals surface area contributed by atoms with Crippen molar-refractivity contribution in [1.29, 1.82) is 0 Å². The first-order valence-corrected chi connectivity index (χ1v) is 6.43. The third kappa shape index (κ3) is 3.15. The molecule has 0 radical (unpaired) electrons. The fraction of sp³-hybridized carbons (Fsp3) is 0.188. The number of hydrogen-bond acceptors (Lipinski definition) is 2. The van der Waals surface area contributed by atoms with Crippen LogP contribution in [0.2, 0.25) is 0 Å². The van der Waals surface area contributed by atoms with E-state index in [9.17, 15) is 9.18 Å². The molecule has 0 fully saturated rings. The molecule has 0 atom stereocenters. The number of nitrogens with two attached hydrogens (primary N) is 1. The molecule has 1 amide bonds. The van der Waals surface area contributed by atoms with E-state index in [1.807, 2.05) is 18.2 Å². The van der Waals surface area contributed by atoms with Gasteiger partial charge in [-0.05, 0) is 41.8 Å². The molecule has 0 aromatic heterocycles. The molecule has 20 heavy (non-hydrogen) atoms. The second kappa shape index (κ2) is 5.74. The van der Waals surface area contributed by atoms with E-state index < -0.39 is 11.7 Å². The number of rotatable bonds is 3. The number of anilines is 2. The average molecular weight is 272 g/mol. The summed E-state index contributed by atoms with van der Waals surface area (Å²) in [7, 11) is 0. The normalized spacial score (nSPS) is 10.6. The van der Waals surface area contributed by atoms with Crippen LogP contribution in [0.4, 0.5) is 15.8 Å². The summed E-state index contributed by atoms with van der Waals surface area (Å²) in [6, 6.07) is 11.5. The molecular formula is C16H17FN2O. The maximum Gasteiger partial charge on any atom is 0.258 e. The summed E-state index contributed by atoms with van der Waals surface area (Å²) in [6.45, 7) is 4.14. The van der Waals surface area contributed by atoms with Crippen molar-refractivity contribution in [2.75, 3.05) is 11.1 Å². The lowest BCUT2D eigenvalue weighted by molar-refractivity contribution is 0.102. The first kappa shape index (κ1) is 14.1. The third-order valence-corrected chi connectivity index (χ3v) is 3.05. The number of benzene rings is 2. The maximum atomic E-state index is 13.7. The van der Waals surface area contributed by atoms with Crippen LogP contribution in [-0.4, -0.2) is 5.91 Å². The molecule has 2 aromatic carbocycles. The second-order valence-corrected chi connectivity index (χ2v) is 4.97. The molecule has 0 aliphatic heterocycles. The number of carbonyl (C=O) groups is 1. The number of halogens is 1. The number of nitrogens with one attached hydrogen (secondary N) is 1. The lowest BCUT2D eigenvalue weighted by Crippen LogP contribution is -2.14. The van der Waals surface area contributed by atoms with E-state index in [0.29, 0.717) is 17.3 Å². The Bertz CT molecular complexity index is 638. The molecule has 2 aromatic rings. The van der Waals surface area contributed by atoms with Crippen LogP contribution < -0.4 is 11.1 Å². The van der Waals surface area contributed by atoms with Gasteiger partial charge < -0.3 is 11.1 Å². The molecule has 0 heterocycles. The molecule has 0 bridgehead atoms. The zero-order valence-corrected chi connectivity index (χ0v) is 11.5. The number of hydrogen-bond donors (Lipinski definition) is 2. The summed E-state index contributed by atoms with van der Waals surface area (Å²) in [6.07, 6.45) is 0. The van der Waals surface area contributed by atoms with E-state index in [0.717, 1.165) is 11.6 Å². The van der Waals surface area contributed by atoms with Gasteiger partial charge in [-0.15, -0.1) is 0 Å². The van der Waals surface area contributed by atoms with Gasteiger partial charge in [0.1, 0.15) is 5.82 Å². The highest BCUT2D eigenvalue weighted by molar-refractivity contribution is 6.04. The molecule has 0 saturated heterocycles. The van der Waals surface area contributed by atoms with Gasteiger partial charge in [0.25, 0.3) is 5.91 Å². The second-order valence-electron chi connectivity index (χ2n) is 4.97. The fourth-order valence-electron chi connectivity index (χ4n) is 1.89. The Morgan fingerprint density at radius 3 is 2.60 bits per heavy atom. The maximum absolute atomic E-state index is 13.7. The van der Waals surface area contributed by atoms with Gasteiger partial charge in [0, 0.05) is 11.4 Å². The summed E-state index contributed by atoms with van der Waals surface area (Å²) in [5.74, 6) is -0.744. The molecule has 0 saturated carbocycles. The van der Waals surface area contributed by atoms with E-state index in [4.69, 9.17) is 5.73 Å². The molecule has 0 aliphatic rings. The van der Waals surface area contributed by atoms with Crippen molar-refractivity contribution in [2.45, 2.75) is 19.8 Å². The molecule has 0 unspecified atom stereocenters. The van der Waals surface area contributed by atoms with E-state index in [2.05, 4.69) is 19.2 Å². The molecule has 0 spiro atoms. The van der Waals surface area contributed by atoms with Gasteiger partial charge >= 0.3 is 0 Å². The van der Waals surface area contributed by atoms with Gasteiger partial charge in [-0.1, -0.05) is 26.0 Å². The summed E-state index contributed by atoms with van der Waals surface area (Å²) < 4.78 is 13.7. The van der Waals surface area contributed by atoms with Crippen molar-refractivity contribution >= 4 is 17.3 Å². The van der Waals surface area contributed by atoms with Crippen molar-refractivity contribution in [3.05, 3.63) is 59.4 Å². The molecule has 4 heteroatoms. The highest BCUT2D eigenvalue weighted by Gasteiger charge is 2.12. The lowest BCUT2D eigenvalue weighted by atomic mass is 10.0. The standard InChI is InChI=1S/C16H17FN2O/c1-10(2)11-4-3-5-13(8-11)19-16(20)14-7-6-12(18)9-15(14)17/h3-10H,18H2,1-2H3,(H,19,20). The van der Waals surface area contributed by atoms with Gasteiger partial charge in [-0.25, -0.2) is 4.39 Å². The summed E-state index contributed by atoms with van der Waals surface area (Å²) in [5.41, 5.74) is 7.50. The monoisotopic (exact) mass is 272 g/mol. The molecule has 3 nitrogen and oxygen atoms in total. The van der Waals surface area contributed by atoms with Crippen LogP contribution >= 0.6 is 0 Å². The van der Waals surface area contributed by atoms with Crippen LogP contribution in [0.5, 0.6) is 0 Å². The third-order valence-electron chi connectivity index (χ3n) is 3.05. The van der Waals surface area contributed by atoms with Gasteiger partial charge in [0.2, 0.25) is 0 Å². The Balaban J connectivity index is 2.21. The van der Waals surface area contributed by atoms with Crippen LogP contribution in [0, 0.1) is 5.82 Å². The predicted octanol–water partition coefficient (Wildman–Crippen LogP) is 3.78. The first-order valence-electron chi connectivity index (χ1n) is 6.43. The number of carbonyl (C=O) groups excluding carboxylic acids is 1. The quantitative estimate of drug-likeness (QED) is 0.835. The number of nitrogen functional groups attached to an aromatic ring is 1. The van der Waals surface area contributed by atoms with Gasteiger partial charge in [-0.2, -0.15) is 0 Å². The van der Waals surface area contributed by atoms with Gasteiger partial charge in [0.15, 0.2) is 0 Å². The predicted molar refractivity (Wildman–Crippen MR) is 79.3 cm³/mol. The topological polar surface area (TPSA) is 55.1 Å². The van der Waals surface area contributed by atoms with E-state index >= 15 is 0 Å². The van der Waals surface area contributed by atoms with Gasteiger partial charge in [0.05, 0.1) is 5.56 Å². The largest absolute Gasteiger partial charge is 0.399 e. The average Bonchev–Trinajstić information content (AvgIpc) is 2.38. The lowest BCUT2D eigenvalue weighted by Gasteiger charge is -2.10. The summed E-state index contributed by atoms with van der Waals surface area (Å²) in [5, 5.41) is 2.69. The Hall–Kier alpha value is -2.36. The Kier molecular flexibility index (Phi) is 4.03. The number of amides is 1. The molecular weight excluding hydrogens is 255 g/mol. The SMILES string of the molecule is CC(C)c1cccc(NC(=O)c2ccc(N)cc2F)c1. The van der Waals surface area contributed by atoms with Crippen molar-refractivity contribution in [1.82, 2.24) is 0 Å². The summed E-state index contributed by atoms with van der Waals surface area (Å²) in [4.78, 5) is 12.0. The zero-order chi connectivity index (χ0) is 14.7. The van der Waals surface area contributed by atoms with Crippen molar-refractivity contribution < 1.29 is 9.18 Å². The molecule has 0 aliphatic carbocycles. The van der Waals surface area contributed by atoms with Crippen LogP contribution in [0.25, 0.3) is 0 Å². The molecule has 3 N–H and O–H groups in total. The summed E-state index contributed by atoms with van der Waals surface area (Å²) >= 11 is 0. The zero-order valence-electron chi connectivity index (χ0n) is 11.5. The Labute approximate surface area is 117 Å². The minimum atomic E-state index is -0.623. The van der Waals surface area contributed by atoms with Crippen LogP contribution in [0.3, 0.4) is 0 Å². The highest BCUT2D eigenvalue weighted by atomic mass is 19.1. The van der Waals surface area contributed by atoms with E-state index in [-0.39, 0.29) is 5.56 Å².